The van der Waals surface area contributed by atoms with Crippen molar-refractivity contribution in [3.05, 3.63) is 28.5 Å². The van der Waals surface area contributed by atoms with Crippen LogP contribution in [0.25, 0.3) is 0 Å². The van der Waals surface area contributed by atoms with Gasteiger partial charge in [-0.15, -0.1) is 0 Å². The molecule has 3 rings (SSSR count). The van der Waals surface area contributed by atoms with Crippen LogP contribution in [0.1, 0.15) is 36.9 Å². The van der Waals surface area contributed by atoms with E-state index in [0.29, 0.717) is 5.15 Å². The van der Waals surface area contributed by atoms with Gasteiger partial charge in [0.15, 0.2) is 0 Å². The molecule has 2 N–H and O–H groups in total. The summed E-state index contributed by atoms with van der Waals surface area (Å²) in [6.07, 6.45) is 4.62. The SMILES string of the molecule is Cc1ccc(C2(C3(N)CC3)CC2)c(Cl)n1. The molecular weight excluding hydrogens is 208 g/mol. The zero-order valence-electron chi connectivity index (χ0n) is 8.89. The molecular formula is C12H15ClN2. The van der Waals surface area contributed by atoms with Crippen molar-refractivity contribution in [3.8, 4) is 0 Å². The molecule has 0 aromatic carbocycles. The lowest BCUT2D eigenvalue weighted by atomic mass is 9.87. The Morgan fingerprint density at radius 1 is 1.27 bits per heavy atom. The molecule has 80 valence electrons. The molecule has 0 bridgehead atoms. The van der Waals surface area contributed by atoms with Gasteiger partial charge in [0.2, 0.25) is 0 Å². The van der Waals surface area contributed by atoms with Crippen LogP contribution in [0.2, 0.25) is 5.15 Å². The van der Waals surface area contributed by atoms with Crippen LogP contribution in [0.3, 0.4) is 0 Å². The number of aromatic nitrogens is 1. The Bertz CT molecular complexity index is 420. The van der Waals surface area contributed by atoms with Gasteiger partial charge in [-0.3, -0.25) is 0 Å². The molecule has 2 aliphatic carbocycles. The minimum Gasteiger partial charge on any atom is -0.324 e. The van der Waals surface area contributed by atoms with E-state index in [9.17, 15) is 0 Å². The third kappa shape index (κ3) is 1.25. The molecule has 0 radical (unpaired) electrons. The molecule has 2 nitrogen and oxygen atoms in total. The Balaban J connectivity index is 2.06. The van der Waals surface area contributed by atoms with Crippen molar-refractivity contribution in [2.45, 2.75) is 43.6 Å². The predicted molar refractivity (Wildman–Crippen MR) is 61.0 cm³/mol. The summed E-state index contributed by atoms with van der Waals surface area (Å²) in [5.74, 6) is 0. The van der Waals surface area contributed by atoms with Crippen molar-refractivity contribution < 1.29 is 0 Å². The van der Waals surface area contributed by atoms with E-state index in [1.165, 1.54) is 18.4 Å². The number of hydrogen-bond acceptors (Lipinski definition) is 2. The van der Waals surface area contributed by atoms with E-state index in [-0.39, 0.29) is 11.0 Å². The first-order chi connectivity index (χ1) is 7.07. The maximum Gasteiger partial charge on any atom is 0.133 e. The van der Waals surface area contributed by atoms with Crippen molar-refractivity contribution in [1.29, 1.82) is 0 Å². The summed E-state index contributed by atoms with van der Waals surface area (Å²) in [7, 11) is 0. The Morgan fingerprint density at radius 3 is 2.40 bits per heavy atom. The summed E-state index contributed by atoms with van der Waals surface area (Å²) in [6.45, 7) is 1.96. The highest BCUT2D eigenvalue weighted by Gasteiger charge is 2.64. The third-order valence-corrected chi connectivity index (χ3v) is 4.28. The van der Waals surface area contributed by atoms with Crippen LogP contribution in [0.5, 0.6) is 0 Å². The van der Waals surface area contributed by atoms with Crippen LogP contribution in [-0.2, 0) is 5.41 Å². The Morgan fingerprint density at radius 2 is 1.93 bits per heavy atom. The molecule has 1 heterocycles. The number of halogens is 1. The van der Waals surface area contributed by atoms with Crippen LogP contribution in [0.4, 0.5) is 0 Å². The van der Waals surface area contributed by atoms with E-state index in [2.05, 4.69) is 11.1 Å². The van der Waals surface area contributed by atoms with Gasteiger partial charge >= 0.3 is 0 Å². The fourth-order valence-corrected chi connectivity index (χ4v) is 3.03. The first-order valence-corrected chi connectivity index (χ1v) is 5.88. The monoisotopic (exact) mass is 222 g/mol. The molecule has 2 aliphatic rings. The molecule has 15 heavy (non-hydrogen) atoms. The number of hydrogen-bond donors (Lipinski definition) is 1. The second kappa shape index (κ2) is 2.74. The highest BCUT2D eigenvalue weighted by Crippen LogP contribution is 2.64. The number of pyridine rings is 1. The van der Waals surface area contributed by atoms with Gasteiger partial charge < -0.3 is 5.73 Å². The minimum atomic E-state index is 0.0214. The van der Waals surface area contributed by atoms with Crippen LogP contribution >= 0.6 is 11.6 Å². The van der Waals surface area contributed by atoms with Crippen molar-refractivity contribution in [3.63, 3.8) is 0 Å². The summed E-state index contributed by atoms with van der Waals surface area (Å²) in [6, 6.07) is 4.15. The second-order valence-electron chi connectivity index (χ2n) is 5.03. The fourth-order valence-electron chi connectivity index (χ4n) is 2.66. The van der Waals surface area contributed by atoms with E-state index in [1.54, 1.807) is 0 Å². The zero-order valence-corrected chi connectivity index (χ0v) is 9.64. The topological polar surface area (TPSA) is 38.9 Å². The van der Waals surface area contributed by atoms with E-state index >= 15 is 0 Å². The molecule has 1 aromatic rings. The van der Waals surface area contributed by atoms with Crippen molar-refractivity contribution >= 4 is 11.6 Å². The molecule has 0 spiro atoms. The number of nitrogens with zero attached hydrogens (tertiary/aromatic N) is 1. The van der Waals surface area contributed by atoms with Crippen molar-refractivity contribution in [2.75, 3.05) is 0 Å². The summed E-state index contributed by atoms with van der Waals surface area (Å²) in [5, 5.41) is 0.657. The van der Waals surface area contributed by atoms with Crippen LogP contribution in [0, 0.1) is 6.92 Å². The molecule has 3 heteroatoms. The first kappa shape index (κ1) is 9.61. The largest absolute Gasteiger partial charge is 0.324 e. The molecule has 0 saturated heterocycles. The number of aryl methyl sites for hydroxylation is 1. The molecule has 0 atom stereocenters. The van der Waals surface area contributed by atoms with Gasteiger partial charge in [-0.25, -0.2) is 4.98 Å². The third-order valence-electron chi connectivity index (χ3n) is 4.00. The summed E-state index contributed by atoms with van der Waals surface area (Å²) >= 11 is 6.22. The maximum atomic E-state index is 6.34. The van der Waals surface area contributed by atoms with Gasteiger partial charge in [0, 0.05) is 16.6 Å². The zero-order chi connectivity index (χ0) is 10.7. The molecule has 2 fully saturated rings. The van der Waals surface area contributed by atoms with Gasteiger partial charge in [0.05, 0.1) is 0 Å². The van der Waals surface area contributed by atoms with Gasteiger partial charge in [-0.2, -0.15) is 0 Å². The normalized spacial score (nSPS) is 25.0. The molecule has 0 unspecified atom stereocenters. The second-order valence-corrected chi connectivity index (χ2v) is 5.39. The molecule has 0 aliphatic heterocycles. The first-order valence-electron chi connectivity index (χ1n) is 5.50. The van der Waals surface area contributed by atoms with Crippen LogP contribution in [-0.4, -0.2) is 10.5 Å². The Labute approximate surface area is 94.8 Å². The van der Waals surface area contributed by atoms with Crippen LogP contribution in [0.15, 0.2) is 12.1 Å². The highest BCUT2D eigenvalue weighted by atomic mass is 35.5. The lowest BCUT2D eigenvalue weighted by molar-refractivity contribution is 0.502. The van der Waals surface area contributed by atoms with Crippen molar-refractivity contribution in [2.24, 2.45) is 5.73 Å². The summed E-state index contributed by atoms with van der Waals surface area (Å²) < 4.78 is 0. The molecule has 2 saturated carbocycles. The van der Waals surface area contributed by atoms with Gasteiger partial charge in [0.25, 0.3) is 0 Å². The smallest absolute Gasteiger partial charge is 0.133 e. The van der Waals surface area contributed by atoms with E-state index in [0.717, 1.165) is 18.5 Å². The molecule has 1 aromatic heterocycles. The predicted octanol–water partition coefficient (Wildman–Crippen LogP) is 2.57. The minimum absolute atomic E-state index is 0.0214. The quantitative estimate of drug-likeness (QED) is 0.782. The summed E-state index contributed by atoms with van der Waals surface area (Å²) in [5.41, 5.74) is 8.67. The van der Waals surface area contributed by atoms with Gasteiger partial charge in [-0.1, -0.05) is 17.7 Å². The maximum absolute atomic E-state index is 6.34. The standard InChI is InChI=1S/C12H15ClN2/c1-8-2-3-9(10(13)15-8)11(4-5-11)12(14)6-7-12/h2-3H,4-7,14H2,1H3. The van der Waals surface area contributed by atoms with Crippen molar-refractivity contribution in [1.82, 2.24) is 4.98 Å². The fraction of sp³-hybridized carbons (Fsp3) is 0.583. The highest BCUT2D eigenvalue weighted by molar-refractivity contribution is 6.30. The summed E-state index contributed by atoms with van der Waals surface area (Å²) in [4.78, 5) is 4.33. The molecule has 0 amide bonds. The number of rotatable bonds is 2. The Hall–Kier alpha value is -0.600. The lowest BCUT2D eigenvalue weighted by Gasteiger charge is -2.24. The average Bonchev–Trinajstić information content (AvgIpc) is 3.01. The van der Waals surface area contributed by atoms with Crippen LogP contribution < -0.4 is 5.73 Å². The van der Waals surface area contributed by atoms with E-state index in [4.69, 9.17) is 17.3 Å². The van der Waals surface area contributed by atoms with Gasteiger partial charge in [-0.05, 0) is 44.2 Å². The average molecular weight is 223 g/mol. The van der Waals surface area contributed by atoms with Gasteiger partial charge in [0.1, 0.15) is 5.15 Å². The Kier molecular flexibility index (Phi) is 1.76. The lowest BCUT2D eigenvalue weighted by Crippen LogP contribution is -2.37. The number of nitrogens with two attached hydrogens (primary N) is 1. The van der Waals surface area contributed by atoms with E-state index in [1.807, 2.05) is 13.0 Å². The van der Waals surface area contributed by atoms with E-state index < -0.39 is 0 Å².